The van der Waals surface area contributed by atoms with Gasteiger partial charge in [-0.2, -0.15) is 0 Å². The molecule has 0 atom stereocenters. The van der Waals surface area contributed by atoms with Crippen molar-refractivity contribution in [1.29, 1.82) is 0 Å². The largest absolute Gasteiger partial charge is 0.393 e. The summed E-state index contributed by atoms with van der Waals surface area (Å²) in [5.74, 6) is -0.730. The Balaban J connectivity index is 3.43. The highest BCUT2D eigenvalue weighted by Crippen LogP contribution is 2.05. The number of rotatable bonds is 9. The third-order valence-corrected chi connectivity index (χ3v) is 2.45. The van der Waals surface area contributed by atoms with Gasteiger partial charge in [-0.05, 0) is 12.8 Å². The van der Waals surface area contributed by atoms with Crippen LogP contribution in [0, 0.1) is 0 Å². The summed E-state index contributed by atoms with van der Waals surface area (Å²) in [5.41, 5.74) is 0. The third-order valence-electron chi connectivity index (χ3n) is 2.45. The average molecular weight is 228 g/mol. The van der Waals surface area contributed by atoms with Crippen LogP contribution in [-0.2, 0) is 14.3 Å². The third kappa shape index (κ3) is 9.69. The molecule has 0 aliphatic heterocycles. The minimum absolute atomic E-state index is 0.363. The van der Waals surface area contributed by atoms with Crippen LogP contribution in [-0.4, -0.2) is 11.9 Å². The zero-order chi connectivity index (χ0) is 12.2. The molecule has 0 rings (SSSR count). The van der Waals surface area contributed by atoms with Gasteiger partial charge in [-0.1, -0.05) is 46.0 Å². The minimum atomic E-state index is -0.367. The first-order chi connectivity index (χ1) is 7.70. The van der Waals surface area contributed by atoms with Crippen molar-refractivity contribution in [3.05, 3.63) is 0 Å². The van der Waals surface area contributed by atoms with Crippen LogP contribution in [0.15, 0.2) is 0 Å². The Morgan fingerprint density at radius 1 is 0.750 bits per heavy atom. The molecule has 0 saturated carbocycles. The highest BCUT2D eigenvalue weighted by Gasteiger charge is 2.09. The first-order valence-electron chi connectivity index (χ1n) is 6.44. The van der Waals surface area contributed by atoms with E-state index in [4.69, 9.17) is 4.74 Å². The maximum atomic E-state index is 11.2. The van der Waals surface area contributed by atoms with Crippen molar-refractivity contribution in [1.82, 2.24) is 0 Å². The summed E-state index contributed by atoms with van der Waals surface area (Å²) in [4.78, 5) is 22.4. The van der Waals surface area contributed by atoms with Crippen molar-refractivity contribution >= 4 is 11.9 Å². The number of carbonyl (C=O) groups excluding carboxylic acids is 2. The first-order valence-corrected chi connectivity index (χ1v) is 6.44. The fourth-order valence-corrected chi connectivity index (χ4v) is 1.44. The second kappa shape index (κ2) is 10.7. The first kappa shape index (κ1) is 15.1. The molecule has 0 bridgehead atoms. The van der Waals surface area contributed by atoms with Gasteiger partial charge in [0.1, 0.15) is 0 Å². The highest BCUT2D eigenvalue weighted by atomic mass is 16.6. The number of unbranched alkanes of at least 4 members (excludes halogenated alkanes) is 5. The van der Waals surface area contributed by atoms with E-state index in [2.05, 4.69) is 13.8 Å². The summed E-state index contributed by atoms with van der Waals surface area (Å²) in [6, 6.07) is 0. The molecule has 0 aliphatic rings. The Bertz CT molecular complexity index is 199. The van der Waals surface area contributed by atoms with E-state index in [1.165, 1.54) is 0 Å². The van der Waals surface area contributed by atoms with Gasteiger partial charge < -0.3 is 4.74 Å². The van der Waals surface area contributed by atoms with Crippen molar-refractivity contribution in [2.24, 2.45) is 0 Å². The van der Waals surface area contributed by atoms with Crippen LogP contribution in [0.4, 0.5) is 0 Å². The van der Waals surface area contributed by atoms with Crippen molar-refractivity contribution in [3.63, 3.8) is 0 Å². The van der Waals surface area contributed by atoms with E-state index in [0.717, 1.165) is 44.9 Å². The van der Waals surface area contributed by atoms with Gasteiger partial charge in [0.05, 0.1) is 0 Å². The Morgan fingerprint density at radius 3 is 1.69 bits per heavy atom. The lowest BCUT2D eigenvalue weighted by Gasteiger charge is -2.02. The molecule has 0 spiro atoms. The molecular weight excluding hydrogens is 204 g/mol. The van der Waals surface area contributed by atoms with E-state index in [1.807, 2.05) is 0 Å². The Kier molecular flexibility index (Phi) is 10.1. The topological polar surface area (TPSA) is 43.4 Å². The SMILES string of the molecule is CCCCCCC(=O)OC(=O)CCCCC. The minimum Gasteiger partial charge on any atom is -0.393 e. The molecule has 16 heavy (non-hydrogen) atoms. The second-order valence-corrected chi connectivity index (χ2v) is 4.11. The molecule has 0 N–H and O–H groups in total. The molecule has 0 heterocycles. The van der Waals surface area contributed by atoms with Crippen LogP contribution < -0.4 is 0 Å². The van der Waals surface area contributed by atoms with Crippen LogP contribution in [0.1, 0.15) is 71.6 Å². The normalized spacial score (nSPS) is 10.1. The summed E-state index contributed by atoms with van der Waals surface area (Å²) in [6.45, 7) is 4.19. The van der Waals surface area contributed by atoms with Gasteiger partial charge in [-0.3, -0.25) is 9.59 Å². The smallest absolute Gasteiger partial charge is 0.313 e. The summed E-state index contributed by atoms with van der Waals surface area (Å²) >= 11 is 0. The molecular formula is C13H24O3. The van der Waals surface area contributed by atoms with Gasteiger partial charge in [0.25, 0.3) is 0 Å². The number of hydrogen-bond donors (Lipinski definition) is 0. The van der Waals surface area contributed by atoms with Crippen molar-refractivity contribution in [3.8, 4) is 0 Å². The predicted molar refractivity (Wildman–Crippen MR) is 64.0 cm³/mol. The van der Waals surface area contributed by atoms with E-state index in [0.29, 0.717) is 12.8 Å². The Labute approximate surface area is 98.6 Å². The monoisotopic (exact) mass is 228 g/mol. The number of carbonyl (C=O) groups is 2. The van der Waals surface area contributed by atoms with Crippen LogP contribution in [0.2, 0.25) is 0 Å². The molecule has 0 aromatic carbocycles. The van der Waals surface area contributed by atoms with E-state index in [1.54, 1.807) is 0 Å². The molecule has 94 valence electrons. The zero-order valence-corrected chi connectivity index (χ0v) is 10.6. The van der Waals surface area contributed by atoms with Crippen molar-refractivity contribution in [2.45, 2.75) is 71.6 Å². The van der Waals surface area contributed by atoms with Gasteiger partial charge in [-0.25, -0.2) is 0 Å². The van der Waals surface area contributed by atoms with Crippen LogP contribution in [0.5, 0.6) is 0 Å². The molecule has 0 saturated heterocycles. The van der Waals surface area contributed by atoms with Crippen molar-refractivity contribution < 1.29 is 14.3 Å². The van der Waals surface area contributed by atoms with Crippen LogP contribution in [0.25, 0.3) is 0 Å². The molecule has 0 aromatic rings. The standard InChI is InChI=1S/C13H24O3/c1-3-5-7-9-11-13(15)16-12(14)10-8-6-4-2/h3-11H2,1-2H3. The maximum Gasteiger partial charge on any atom is 0.313 e. The number of ether oxygens (including phenoxy) is 1. The van der Waals surface area contributed by atoms with E-state index in [-0.39, 0.29) is 11.9 Å². The van der Waals surface area contributed by atoms with Gasteiger partial charge >= 0.3 is 11.9 Å². The lowest BCUT2D eigenvalue weighted by Crippen LogP contribution is -2.11. The average Bonchev–Trinajstić information content (AvgIpc) is 2.25. The van der Waals surface area contributed by atoms with Gasteiger partial charge in [0, 0.05) is 12.8 Å². The molecule has 0 aromatic heterocycles. The Morgan fingerprint density at radius 2 is 1.19 bits per heavy atom. The Hall–Kier alpha value is -0.860. The molecule has 0 fully saturated rings. The lowest BCUT2D eigenvalue weighted by molar-refractivity contribution is -0.159. The zero-order valence-electron chi connectivity index (χ0n) is 10.6. The summed E-state index contributed by atoms with van der Waals surface area (Å²) in [7, 11) is 0. The van der Waals surface area contributed by atoms with Crippen molar-refractivity contribution in [2.75, 3.05) is 0 Å². The number of esters is 2. The summed E-state index contributed by atoms with van der Waals surface area (Å²) in [5, 5.41) is 0. The van der Waals surface area contributed by atoms with Gasteiger partial charge in [0.15, 0.2) is 0 Å². The molecule has 0 amide bonds. The predicted octanol–water partition coefficient (Wildman–Crippen LogP) is 3.61. The van der Waals surface area contributed by atoms with Gasteiger partial charge in [-0.15, -0.1) is 0 Å². The highest BCUT2D eigenvalue weighted by molar-refractivity contribution is 5.85. The molecule has 0 aliphatic carbocycles. The van der Waals surface area contributed by atoms with Crippen LogP contribution in [0.3, 0.4) is 0 Å². The quantitative estimate of drug-likeness (QED) is 0.344. The van der Waals surface area contributed by atoms with E-state index < -0.39 is 0 Å². The van der Waals surface area contributed by atoms with Crippen LogP contribution >= 0.6 is 0 Å². The maximum absolute atomic E-state index is 11.2. The number of hydrogen-bond acceptors (Lipinski definition) is 3. The fourth-order valence-electron chi connectivity index (χ4n) is 1.44. The van der Waals surface area contributed by atoms with E-state index in [9.17, 15) is 9.59 Å². The lowest BCUT2D eigenvalue weighted by atomic mass is 10.1. The fraction of sp³-hybridized carbons (Fsp3) is 0.846. The molecule has 3 heteroatoms. The summed E-state index contributed by atoms with van der Waals surface area (Å²) < 4.78 is 4.70. The molecule has 3 nitrogen and oxygen atoms in total. The second-order valence-electron chi connectivity index (χ2n) is 4.11. The summed E-state index contributed by atoms with van der Waals surface area (Å²) in [6.07, 6.45) is 7.79. The van der Waals surface area contributed by atoms with E-state index >= 15 is 0 Å². The molecule has 0 unspecified atom stereocenters. The molecule has 0 radical (unpaired) electrons. The van der Waals surface area contributed by atoms with Gasteiger partial charge in [0.2, 0.25) is 0 Å².